The first-order valence-electron chi connectivity index (χ1n) is 6.05. The van der Waals surface area contributed by atoms with Gasteiger partial charge in [-0.05, 0) is 31.0 Å². The van der Waals surface area contributed by atoms with Crippen molar-refractivity contribution in [1.29, 1.82) is 5.41 Å². The highest BCUT2D eigenvalue weighted by Crippen LogP contribution is 2.23. The van der Waals surface area contributed by atoms with Crippen molar-refractivity contribution in [3.63, 3.8) is 0 Å². The Labute approximate surface area is 101 Å². The van der Waals surface area contributed by atoms with Crippen LogP contribution in [0.25, 0.3) is 0 Å². The average Bonchev–Trinajstić information content (AvgIpc) is 2.32. The lowest BCUT2D eigenvalue weighted by Gasteiger charge is -2.19. The Hall–Kier alpha value is -0.680. The average molecular weight is 235 g/mol. The van der Waals surface area contributed by atoms with E-state index in [4.69, 9.17) is 5.41 Å². The highest BCUT2D eigenvalue weighted by molar-refractivity contribution is 7.27. The molecular formula is C14H22NP. The second-order valence-electron chi connectivity index (χ2n) is 4.43. The van der Waals surface area contributed by atoms with E-state index in [2.05, 4.69) is 9.24 Å². The zero-order valence-electron chi connectivity index (χ0n) is 10.1. The molecule has 0 bridgehead atoms. The second kappa shape index (κ2) is 7.57. The molecule has 1 aliphatic rings. The van der Waals surface area contributed by atoms with Crippen LogP contribution in [0.5, 0.6) is 0 Å². The summed E-state index contributed by atoms with van der Waals surface area (Å²) in [7, 11) is 2.63. The van der Waals surface area contributed by atoms with Gasteiger partial charge in [-0.2, -0.15) is 0 Å². The van der Waals surface area contributed by atoms with E-state index in [1.165, 1.54) is 37.4 Å². The van der Waals surface area contributed by atoms with Gasteiger partial charge in [-0.15, -0.1) is 9.24 Å². The summed E-state index contributed by atoms with van der Waals surface area (Å²) in [6.07, 6.45) is 6.64. The molecule has 0 saturated heterocycles. The Morgan fingerprint density at radius 2 is 1.69 bits per heavy atom. The molecule has 1 aliphatic carbocycles. The van der Waals surface area contributed by atoms with E-state index in [1.54, 1.807) is 0 Å². The zero-order valence-corrected chi connectivity index (χ0v) is 11.2. The fourth-order valence-electron chi connectivity index (χ4n) is 1.99. The molecule has 1 aromatic rings. The third-order valence-electron chi connectivity index (χ3n) is 3.02. The second-order valence-corrected chi connectivity index (χ2v) is 5.10. The van der Waals surface area contributed by atoms with E-state index in [0.717, 1.165) is 5.71 Å². The maximum atomic E-state index is 7.39. The molecule has 1 fully saturated rings. The van der Waals surface area contributed by atoms with Crippen LogP contribution in [-0.2, 0) is 0 Å². The minimum atomic E-state index is 0.638. The van der Waals surface area contributed by atoms with Crippen molar-refractivity contribution in [2.24, 2.45) is 5.92 Å². The summed E-state index contributed by atoms with van der Waals surface area (Å²) < 4.78 is 0. The first-order valence-corrected chi connectivity index (χ1v) is 6.63. The molecule has 2 rings (SSSR count). The van der Waals surface area contributed by atoms with E-state index in [1.807, 2.05) is 37.3 Å². The molecule has 0 spiro atoms. The minimum Gasteiger partial charge on any atom is -0.310 e. The van der Waals surface area contributed by atoms with Gasteiger partial charge in [-0.25, -0.2) is 0 Å². The van der Waals surface area contributed by atoms with Crippen molar-refractivity contribution in [3.05, 3.63) is 30.3 Å². The van der Waals surface area contributed by atoms with Crippen LogP contribution < -0.4 is 5.30 Å². The summed E-state index contributed by atoms with van der Waals surface area (Å²) in [5, 5.41) is 8.63. The Morgan fingerprint density at radius 3 is 2.00 bits per heavy atom. The van der Waals surface area contributed by atoms with E-state index in [-0.39, 0.29) is 0 Å². The molecule has 88 valence electrons. The van der Waals surface area contributed by atoms with Crippen LogP contribution in [0.15, 0.2) is 30.3 Å². The number of benzene rings is 1. The van der Waals surface area contributed by atoms with Gasteiger partial charge < -0.3 is 5.41 Å². The maximum absolute atomic E-state index is 7.39. The molecule has 1 N–H and O–H groups in total. The first-order chi connectivity index (χ1) is 7.70. The molecule has 2 heteroatoms. The van der Waals surface area contributed by atoms with Gasteiger partial charge in [0.15, 0.2) is 0 Å². The van der Waals surface area contributed by atoms with E-state index >= 15 is 0 Å². The smallest absolute Gasteiger partial charge is 0.00891 e. The number of nitrogens with one attached hydrogen (secondary N) is 1. The lowest BCUT2D eigenvalue weighted by Crippen LogP contribution is -2.13. The topological polar surface area (TPSA) is 23.9 Å². The molecule has 0 aromatic heterocycles. The largest absolute Gasteiger partial charge is 0.310 e. The lowest BCUT2D eigenvalue weighted by atomic mass is 9.86. The van der Waals surface area contributed by atoms with Gasteiger partial charge in [0, 0.05) is 5.71 Å². The Balaban J connectivity index is 0.000000165. The fourth-order valence-corrected chi connectivity index (χ4v) is 2.21. The quantitative estimate of drug-likeness (QED) is 0.565. The van der Waals surface area contributed by atoms with Crippen LogP contribution in [0.4, 0.5) is 0 Å². The van der Waals surface area contributed by atoms with Crippen molar-refractivity contribution in [2.45, 2.75) is 39.0 Å². The summed E-state index contributed by atoms with van der Waals surface area (Å²) in [4.78, 5) is 0. The van der Waals surface area contributed by atoms with E-state index < -0.39 is 0 Å². The van der Waals surface area contributed by atoms with E-state index in [9.17, 15) is 0 Å². The van der Waals surface area contributed by atoms with Crippen molar-refractivity contribution in [3.8, 4) is 0 Å². The number of rotatable bonds is 1. The van der Waals surface area contributed by atoms with Crippen molar-refractivity contribution in [1.82, 2.24) is 0 Å². The molecule has 1 aromatic carbocycles. The minimum absolute atomic E-state index is 0.638. The Morgan fingerprint density at radius 1 is 1.12 bits per heavy atom. The molecule has 16 heavy (non-hydrogen) atoms. The van der Waals surface area contributed by atoms with Crippen LogP contribution in [0, 0.1) is 11.3 Å². The molecule has 1 nitrogen and oxygen atoms in total. The van der Waals surface area contributed by atoms with Crippen LogP contribution in [0.1, 0.15) is 39.0 Å². The van der Waals surface area contributed by atoms with Gasteiger partial charge in [0.1, 0.15) is 0 Å². The van der Waals surface area contributed by atoms with Crippen molar-refractivity contribution in [2.75, 3.05) is 0 Å². The normalized spacial score (nSPS) is 16.1. The summed E-state index contributed by atoms with van der Waals surface area (Å²) in [6, 6.07) is 10.1. The first kappa shape index (κ1) is 13.4. The van der Waals surface area contributed by atoms with Crippen molar-refractivity contribution < 1.29 is 0 Å². The molecular weight excluding hydrogens is 213 g/mol. The van der Waals surface area contributed by atoms with Gasteiger partial charge in [-0.3, -0.25) is 0 Å². The molecule has 1 atom stereocenters. The van der Waals surface area contributed by atoms with Crippen LogP contribution >= 0.6 is 9.24 Å². The Kier molecular flexibility index (Phi) is 6.33. The summed E-state index contributed by atoms with van der Waals surface area (Å²) in [5.74, 6) is 0.638. The predicted molar refractivity (Wildman–Crippen MR) is 75.8 cm³/mol. The third-order valence-corrected chi connectivity index (χ3v) is 3.40. The highest BCUT2D eigenvalue weighted by Gasteiger charge is 2.13. The molecule has 1 unspecified atom stereocenters. The van der Waals surface area contributed by atoms with Gasteiger partial charge in [0.25, 0.3) is 0 Å². The monoisotopic (exact) mass is 235 g/mol. The predicted octanol–water partition coefficient (Wildman–Crippen LogP) is 3.79. The van der Waals surface area contributed by atoms with Gasteiger partial charge >= 0.3 is 0 Å². The van der Waals surface area contributed by atoms with Gasteiger partial charge in [0.05, 0.1) is 0 Å². The standard InChI is InChI=1S/C8H15N.C6H7P/c1-7(9)8-5-3-2-4-6-8;7-6-4-2-1-3-5-6/h8-9H,2-6H2,1H3;1-5H,7H2. The number of hydrogen-bond donors (Lipinski definition) is 1. The fraction of sp³-hybridized carbons (Fsp3) is 0.500. The SMILES string of the molecule is CC(=N)C1CCCCC1.Pc1ccccc1. The zero-order chi connectivity index (χ0) is 11.8. The third kappa shape index (κ3) is 5.42. The summed E-state index contributed by atoms with van der Waals surface area (Å²) in [5.41, 5.74) is 0.898. The maximum Gasteiger partial charge on any atom is 0.00891 e. The van der Waals surface area contributed by atoms with Crippen LogP contribution in [0.3, 0.4) is 0 Å². The van der Waals surface area contributed by atoms with Crippen LogP contribution in [-0.4, -0.2) is 5.71 Å². The molecule has 0 radical (unpaired) electrons. The lowest BCUT2D eigenvalue weighted by molar-refractivity contribution is 0.437. The number of hydrogen-bond acceptors (Lipinski definition) is 1. The Bertz CT molecular complexity index is 302. The summed E-state index contributed by atoms with van der Waals surface area (Å²) in [6.45, 7) is 1.94. The highest BCUT2D eigenvalue weighted by atomic mass is 31.0. The molecule has 1 saturated carbocycles. The molecule has 0 amide bonds. The summed E-state index contributed by atoms with van der Waals surface area (Å²) >= 11 is 0. The van der Waals surface area contributed by atoms with Crippen LogP contribution in [0.2, 0.25) is 0 Å². The van der Waals surface area contributed by atoms with Crippen molar-refractivity contribution >= 4 is 20.3 Å². The van der Waals surface area contributed by atoms with E-state index in [0.29, 0.717) is 5.92 Å². The molecule has 0 aliphatic heterocycles. The van der Waals surface area contributed by atoms with Gasteiger partial charge in [-0.1, -0.05) is 49.6 Å². The van der Waals surface area contributed by atoms with Gasteiger partial charge in [0.2, 0.25) is 0 Å². The molecule has 0 heterocycles.